The molecule has 3 aromatic rings. The molecule has 0 aliphatic carbocycles. The highest BCUT2D eigenvalue weighted by Gasteiger charge is 2.12. The molecular weight excluding hydrogens is 476 g/mol. The number of anilines is 1. The van der Waals surface area contributed by atoms with Gasteiger partial charge in [0.15, 0.2) is 5.82 Å². The minimum absolute atomic E-state index is 0.561. The fourth-order valence-corrected chi connectivity index (χ4v) is 3.42. The van der Waals surface area contributed by atoms with Gasteiger partial charge in [0.05, 0.1) is 39.9 Å². The first kappa shape index (κ1) is 27.5. The van der Waals surface area contributed by atoms with Gasteiger partial charge in [-0.3, -0.25) is 8.42 Å². The fourth-order valence-electron chi connectivity index (χ4n) is 2.90. The summed E-state index contributed by atoms with van der Waals surface area (Å²) in [7, 11) is 1.50. The molecule has 34 heavy (non-hydrogen) atoms. The van der Waals surface area contributed by atoms with Crippen molar-refractivity contribution >= 4 is 38.4 Å². The molecule has 0 unspecified atom stereocenters. The monoisotopic (exact) mass is 505 g/mol. The Bertz CT molecular complexity index is 1180. The average molecular weight is 506 g/mol. The number of rotatable bonds is 8. The molecule has 0 atom stereocenters. The molecule has 1 heterocycles. The maximum absolute atomic E-state index is 8.52. The van der Waals surface area contributed by atoms with Gasteiger partial charge in [-0.05, 0) is 37.6 Å². The number of nitrogens with zero attached hydrogens (tertiary/aromatic N) is 6. The highest BCUT2D eigenvalue weighted by molar-refractivity contribution is 7.79. The van der Waals surface area contributed by atoms with E-state index in [0.29, 0.717) is 11.0 Å². The average Bonchev–Trinajstić information content (AvgIpc) is 3.21. The van der Waals surface area contributed by atoms with E-state index < -0.39 is 10.4 Å². The van der Waals surface area contributed by atoms with Gasteiger partial charge in [-0.1, -0.05) is 30.3 Å². The summed E-state index contributed by atoms with van der Waals surface area (Å²) in [5.41, 5.74) is 4.16. The number of aromatic nitrogens is 2. The lowest BCUT2D eigenvalue weighted by Crippen LogP contribution is -2.42. The van der Waals surface area contributed by atoms with Crippen LogP contribution in [-0.4, -0.2) is 72.1 Å². The normalized spacial score (nSPS) is 11.9. The van der Waals surface area contributed by atoms with E-state index in [-0.39, 0.29) is 0 Å². The highest BCUT2D eigenvalue weighted by atomic mass is 32.3. The number of quaternary nitrogens is 1. The van der Waals surface area contributed by atoms with Gasteiger partial charge >= 0.3 is 0 Å². The Morgan fingerprint density at radius 2 is 1.71 bits per heavy atom. The van der Waals surface area contributed by atoms with E-state index in [9.17, 15) is 0 Å². The van der Waals surface area contributed by atoms with Crippen molar-refractivity contribution in [1.29, 1.82) is 0 Å². The molecule has 0 saturated carbocycles. The van der Waals surface area contributed by atoms with E-state index >= 15 is 0 Å². The van der Waals surface area contributed by atoms with Gasteiger partial charge in [0.2, 0.25) is 5.13 Å². The quantitative estimate of drug-likeness (QED) is 0.194. The van der Waals surface area contributed by atoms with Crippen molar-refractivity contribution in [3.63, 3.8) is 0 Å². The minimum Gasteiger partial charge on any atom is -0.759 e. The summed E-state index contributed by atoms with van der Waals surface area (Å²) in [6, 6.07) is 16.2. The summed E-state index contributed by atoms with van der Waals surface area (Å²) in [6.45, 7) is 7.36. The van der Waals surface area contributed by atoms with Crippen molar-refractivity contribution in [2.24, 2.45) is 10.2 Å². The van der Waals surface area contributed by atoms with Crippen LogP contribution in [0.3, 0.4) is 0 Å². The van der Waals surface area contributed by atoms with Crippen LogP contribution in [0.15, 0.2) is 58.8 Å². The van der Waals surface area contributed by atoms with Gasteiger partial charge in [-0.2, -0.15) is 9.36 Å². The Balaban J connectivity index is 0.000000739. The Kier molecular flexibility index (Phi) is 9.77. The lowest BCUT2D eigenvalue weighted by Gasteiger charge is -2.29. The zero-order valence-corrected chi connectivity index (χ0v) is 21.5. The van der Waals surface area contributed by atoms with Crippen molar-refractivity contribution in [2.45, 2.75) is 13.8 Å². The number of hydrogen-bond donors (Lipinski definition) is 0. The molecule has 12 heteroatoms. The molecule has 0 amide bonds. The van der Waals surface area contributed by atoms with Crippen LogP contribution in [0.2, 0.25) is 0 Å². The molecule has 0 aliphatic heterocycles. The lowest BCUT2D eigenvalue weighted by atomic mass is 10.1. The molecular formula is C22H29N6O4S2-. The second kappa shape index (κ2) is 12.1. The van der Waals surface area contributed by atoms with Crippen LogP contribution in [0, 0.1) is 6.92 Å². The number of hydrogen-bond acceptors (Lipinski definition) is 10. The molecule has 10 nitrogen and oxygen atoms in total. The van der Waals surface area contributed by atoms with Gasteiger partial charge < -0.3 is 18.5 Å². The predicted octanol–water partition coefficient (Wildman–Crippen LogP) is 4.12. The molecule has 0 bridgehead atoms. The van der Waals surface area contributed by atoms with Crippen LogP contribution in [0.5, 0.6) is 0 Å². The third-order valence-electron chi connectivity index (χ3n) is 4.66. The summed E-state index contributed by atoms with van der Waals surface area (Å²) in [4.78, 5) is 6.87. The van der Waals surface area contributed by atoms with Crippen LogP contribution < -0.4 is 4.90 Å². The highest BCUT2D eigenvalue weighted by Crippen LogP contribution is 2.28. The lowest BCUT2D eigenvalue weighted by molar-refractivity contribution is -0.868. The van der Waals surface area contributed by atoms with Gasteiger partial charge in [0.1, 0.15) is 0 Å². The zero-order chi connectivity index (χ0) is 25.4. The van der Waals surface area contributed by atoms with Crippen molar-refractivity contribution in [3.05, 3.63) is 54.1 Å². The van der Waals surface area contributed by atoms with Gasteiger partial charge in [-0.15, -0.1) is 10.2 Å². The van der Waals surface area contributed by atoms with Crippen LogP contribution in [-0.2, 0) is 10.4 Å². The molecule has 2 aromatic carbocycles. The first-order chi connectivity index (χ1) is 15.9. The minimum atomic E-state index is -5.17. The largest absolute Gasteiger partial charge is 0.759 e. The van der Waals surface area contributed by atoms with Crippen molar-refractivity contribution in [3.8, 4) is 11.4 Å². The SMILES string of the molecule is CCN(CC[N+](C)(C)C)c1ccc(N=Nc2nc(-c3ccccc3)ns2)c(C)c1.O=S(=O)([O-])[O-]. The summed E-state index contributed by atoms with van der Waals surface area (Å²) in [6.07, 6.45) is 0. The number of benzene rings is 2. The van der Waals surface area contributed by atoms with E-state index in [1.807, 2.05) is 36.4 Å². The maximum Gasteiger partial charge on any atom is 0.249 e. The Hall–Kier alpha value is -2.77. The summed E-state index contributed by atoms with van der Waals surface area (Å²) in [5.74, 6) is 0.687. The van der Waals surface area contributed by atoms with Crippen molar-refractivity contribution in [2.75, 3.05) is 45.7 Å². The smallest absolute Gasteiger partial charge is 0.249 e. The van der Waals surface area contributed by atoms with E-state index in [1.54, 1.807) is 0 Å². The first-order valence-corrected chi connectivity index (χ1v) is 12.6. The maximum atomic E-state index is 8.52. The topological polar surface area (TPSA) is 134 Å². The van der Waals surface area contributed by atoms with E-state index in [2.05, 4.69) is 71.6 Å². The standard InChI is InChI=1S/C22H29N6S.H2O4S/c1-6-27(14-15-28(3,4)5)19-12-13-20(17(2)16-19)24-25-22-23-21(26-29-22)18-10-8-7-9-11-18;1-5(2,3)4/h7-13,16H,6,14-15H2,1-5H3;(H2,1,2,3,4)/q+1;/p-2. The molecule has 0 N–H and O–H groups in total. The third kappa shape index (κ3) is 10.0. The number of azo groups is 1. The van der Waals surface area contributed by atoms with Crippen LogP contribution in [0.4, 0.5) is 16.5 Å². The molecule has 0 fully saturated rings. The molecule has 184 valence electrons. The van der Waals surface area contributed by atoms with Crippen LogP contribution >= 0.6 is 11.5 Å². The van der Waals surface area contributed by atoms with Crippen molar-refractivity contribution in [1.82, 2.24) is 9.36 Å². The first-order valence-electron chi connectivity index (χ1n) is 10.5. The van der Waals surface area contributed by atoms with Gasteiger partial charge in [0.25, 0.3) is 0 Å². The molecule has 1 aromatic heterocycles. The van der Waals surface area contributed by atoms with Crippen LogP contribution in [0.1, 0.15) is 12.5 Å². The van der Waals surface area contributed by atoms with E-state index in [1.165, 1.54) is 17.2 Å². The van der Waals surface area contributed by atoms with Crippen LogP contribution in [0.25, 0.3) is 11.4 Å². The number of aryl methyl sites for hydroxylation is 1. The van der Waals surface area contributed by atoms with Gasteiger partial charge in [-0.25, -0.2) is 0 Å². The van der Waals surface area contributed by atoms with Crippen molar-refractivity contribution < 1.29 is 22.0 Å². The third-order valence-corrected chi connectivity index (χ3v) is 5.26. The molecule has 0 aliphatic rings. The van der Waals surface area contributed by atoms with E-state index in [4.69, 9.17) is 17.5 Å². The fraction of sp³-hybridized carbons (Fsp3) is 0.364. The predicted molar refractivity (Wildman–Crippen MR) is 132 cm³/mol. The number of likely N-dealkylation sites (N-methyl/N-ethyl adjacent to an activating group) is 2. The van der Waals surface area contributed by atoms with Gasteiger partial charge in [0, 0.05) is 39.7 Å². The Morgan fingerprint density at radius 1 is 1.06 bits per heavy atom. The Labute approximate surface area is 204 Å². The molecule has 0 radical (unpaired) electrons. The second-order valence-corrected chi connectivity index (χ2v) is 9.99. The molecule has 0 saturated heterocycles. The van der Waals surface area contributed by atoms with E-state index in [0.717, 1.165) is 40.9 Å². The molecule has 3 rings (SSSR count). The summed E-state index contributed by atoms with van der Waals surface area (Å²) >= 11 is 1.26. The zero-order valence-electron chi connectivity index (χ0n) is 19.9. The second-order valence-electron chi connectivity index (χ2n) is 8.44. The summed E-state index contributed by atoms with van der Waals surface area (Å²) < 4.78 is 39.4. The Morgan fingerprint density at radius 3 is 2.26 bits per heavy atom. The molecule has 0 spiro atoms. The summed E-state index contributed by atoms with van der Waals surface area (Å²) in [5, 5.41) is 9.27.